The number of ether oxygens (including phenoxy) is 2. The van der Waals surface area contributed by atoms with E-state index in [-0.39, 0.29) is 11.1 Å². The van der Waals surface area contributed by atoms with Crippen LogP contribution in [-0.2, 0) is 9.59 Å². The quantitative estimate of drug-likeness (QED) is 0.148. The first kappa shape index (κ1) is 24.2. The first-order valence-electron chi connectivity index (χ1n) is 11.3. The lowest BCUT2D eigenvalue weighted by atomic mass is 9.95. The third-order valence-electron chi connectivity index (χ3n) is 5.92. The number of aromatic nitrogens is 1. The smallest absolute Gasteiger partial charge is 0.301 e. The molecule has 9 heteroatoms. The van der Waals surface area contributed by atoms with Crippen molar-refractivity contribution in [2.45, 2.75) is 6.04 Å². The molecule has 3 aromatic carbocycles. The lowest BCUT2D eigenvalue weighted by molar-refractivity contribution is -0.132. The number of ketones is 1. The Kier molecular flexibility index (Phi) is 6.45. The number of methoxy groups -OCH3 is 1. The second-order valence-corrected chi connectivity index (χ2v) is 9.18. The molecule has 1 aromatic heterocycles. The van der Waals surface area contributed by atoms with Gasteiger partial charge in [-0.05, 0) is 60.2 Å². The zero-order chi connectivity index (χ0) is 26.1. The van der Waals surface area contributed by atoms with E-state index in [1.165, 1.54) is 40.5 Å². The second-order valence-electron chi connectivity index (χ2n) is 8.17. The fourth-order valence-corrected chi connectivity index (χ4v) is 5.15. The van der Waals surface area contributed by atoms with Crippen LogP contribution in [0.3, 0.4) is 0 Å². The normalized spacial score (nSPS) is 16.8. The Hall–Kier alpha value is -4.50. The van der Waals surface area contributed by atoms with Crippen LogP contribution in [0, 0.1) is 5.82 Å². The summed E-state index contributed by atoms with van der Waals surface area (Å²) in [6, 6.07) is 16.3. The van der Waals surface area contributed by atoms with Crippen molar-refractivity contribution < 1.29 is 28.6 Å². The summed E-state index contributed by atoms with van der Waals surface area (Å²) in [5, 5.41) is 11.5. The molecule has 186 valence electrons. The highest BCUT2D eigenvalue weighted by Gasteiger charge is 2.48. The average molecular weight is 517 g/mol. The van der Waals surface area contributed by atoms with Crippen LogP contribution in [-0.4, -0.2) is 35.5 Å². The van der Waals surface area contributed by atoms with Gasteiger partial charge in [-0.3, -0.25) is 14.5 Å². The number of hydrogen-bond donors (Lipinski definition) is 1. The van der Waals surface area contributed by atoms with Gasteiger partial charge in [0.2, 0.25) is 0 Å². The Labute approximate surface area is 215 Å². The number of anilines is 1. The van der Waals surface area contributed by atoms with Gasteiger partial charge < -0.3 is 14.6 Å². The van der Waals surface area contributed by atoms with Gasteiger partial charge >= 0.3 is 5.91 Å². The third kappa shape index (κ3) is 4.45. The van der Waals surface area contributed by atoms with Gasteiger partial charge in [-0.2, -0.15) is 0 Å². The molecule has 4 aromatic rings. The standard InChI is InChI=1S/C28H21FN2O5S/c1-3-14-36-19-10-6-16(7-11-19)24-23(25(32)17-4-8-18(29)9-5-17)26(33)27(34)31(24)28-30-21-13-12-20(35-2)15-22(21)37-28/h3-13,15,24,32H,1,14H2,2H3/t24-/m1/s1. The minimum Gasteiger partial charge on any atom is -0.507 e. The number of aliphatic hydroxyl groups is 1. The SMILES string of the molecule is C=CCOc1ccc([C@@H]2C(=C(O)c3ccc(F)cc3)C(=O)C(=O)N2c2nc3ccc(OC)cc3s2)cc1. The molecule has 1 amide bonds. The van der Waals surface area contributed by atoms with Gasteiger partial charge in [0.25, 0.3) is 5.78 Å². The predicted molar refractivity (Wildman–Crippen MR) is 139 cm³/mol. The molecule has 1 atom stereocenters. The molecule has 2 heterocycles. The highest BCUT2D eigenvalue weighted by atomic mass is 32.1. The summed E-state index contributed by atoms with van der Waals surface area (Å²) in [4.78, 5) is 32.6. The summed E-state index contributed by atoms with van der Waals surface area (Å²) in [6.07, 6.45) is 1.62. The summed E-state index contributed by atoms with van der Waals surface area (Å²) in [5.74, 6) is -1.38. The number of benzene rings is 3. The molecule has 7 nitrogen and oxygen atoms in total. The van der Waals surface area contributed by atoms with Gasteiger partial charge in [-0.25, -0.2) is 9.37 Å². The molecule has 1 aliphatic rings. The minimum atomic E-state index is -0.971. The molecule has 1 N–H and O–H groups in total. The number of thiazole rings is 1. The number of hydrogen-bond acceptors (Lipinski definition) is 7. The van der Waals surface area contributed by atoms with Gasteiger partial charge in [-0.1, -0.05) is 36.1 Å². The zero-order valence-corrected chi connectivity index (χ0v) is 20.5. The molecule has 1 saturated heterocycles. The molecule has 1 fully saturated rings. The molecular weight excluding hydrogens is 495 g/mol. The third-order valence-corrected chi connectivity index (χ3v) is 6.93. The highest BCUT2D eigenvalue weighted by molar-refractivity contribution is 7.22. The van der Waals surface area contributed by atoms with Crippen molar-refractivity contribution in [2.75, 3.05) is 18.6 Å². The lowest BCUT2D eigenvalue weighted by Gasteiger charge is -2.23. The molecule has 0 spiro atoms. The monoisotopic (exact) mass is 516 g/mol. The van der Waals surface area contributed by atoms with Crippen molar-refractivity contribution in [1.82, 2.24) is 4.98 Å². The van der Waals surface area contributed by atoms with Gasteiger partial charge in [0.1, 0.15) is 29.7 Å². The Morgan fingerprint density at radius 3 is 2.49 bits per heavy atom. The fourth-order valence-electron chi connectivity index (χ4n) is 4.13. The van der Waals surface area contributed by atoms with Gasteiger partial charge in [0.15, 0.2) is 5.13 Å². The van der Waals surface area contributed by atoms with E-state index in [1.54, 1.807) is 55.7 Å². The fraction of sp³-hybridized carbons (Fsp3) is 0.107. The van der Waals surface area contributed by atoms with E-state index in [0.717, 1.165) is 4.70 Å². The van der Waals surface area contributed by atoms with E-state index in [2.05, 4.69) is 11.6 Å². The van der Waals surface area contributed by atoms with E-state index in [0.29, 0.717) is 34.3 Å². The molecule has 0 saturated carbocycles. The molecule has 0 bridgehead atoms. The predicted octanol–water partition coefficient (Wildman–Crippen LogP) is 5.64. The number of carbonyl (C=O) groups excluding carboxylic acids is 2. The van der Waals surface area contributed by atoms with E-state index in [1.807, 2.05) is 0 Å². The Balaban J connectivity index is 1.67. The zero-order valence-electron chi connectivity index (χ0n) is 19.7. The van der Waals surface area contributed by atoms with Crippen LogP contribution in [0.1, 0.15) is 17.2 Å². The molecule has 5 rings (SSSR count). The molecular formula is C28H21FN2O5S. The Morgan fingerprint density at radius 1 is 1.11 bits per heavy atom. The van der Waals surface area contributed by atoms with Crippen LogP contribution < -0.4 is 14.4 Å². The number of amides is 1. The van der Waals surface area contributed by atoms with Gasteiger partial charge in [0.05, 0.1) is 28.9 Å². The first-order valence-corrected chi connectivity index (χ1v) is 12.1. The summed E-state index contributed by atoms with van der Waals surface area (Å²) < 4.78 is 25.1. The molecule has 0 unspecified atom stereocenters. The number of carbonyl (C=O) groups is 2. The molecule has 37 heavy (non-hydrogen) atoms. The van der Waals surface area contributed by atoms with E-state index in [4.69, 9.17) is 9.47 Å². The van der Waals surface area contributed by atoms with Crippen molar-refractivity contribution in [2.24, 2.45) is 0 Å². The van der Waals surface area contributed by atoms with Gasteiger partial charge in [0, 0.05) is 5.56 Å². The number of aliphatic hydroxyl groups excluding tert-OH is 1. The summed E-state index contributed by atoms with van der Waals surface area (Å²) in [5.41, 5.74) is 1.29. The largest absolute Gasteiger partial charge is 0.507 e. The number of nitrogens with zero attached hydrogens (tertiary/aromatic N) is 2. The van der Waals surface area contributed by atoms with Crippen molar-refractivity contribution in [1.29, 1.82) is 0 Å². The van der Waals surface area contributed by atoms with Crippen molar-refractivity contribution in [3.8, 4) is 11.5 Å². The van der Waals surface area contributed by atoms with E-state index < -0.39 is 29.3 Å². The van der Waals surface area contributed by atoms with Crippen molar-refractivity contribution >= 4 is 44.1 Å². The molecule has 1 aliphatic heterocycles. The van der Waals surface area contributed by atoms with Gasteiger partial charge in [-0.15, -0.1) is 0 Å². The van der Waals surface area contributed by atoms with Crippen molar-refractivity contribution in [3.05, 3.63) is 102 Å². The summed E-state index contributed by atoms with van der Waals surface area (Å²) >= 11 is 1.23. The summed E-state index contributed by atoms with van der Waals surface area (Å²) in [6.45, 7) is 3.95. The number of rotatable bonds is 7. The number of fused-ring (bicyclic) bond motifs is 1. The van der Waals surface area contributed by atoms with Crippen LogP contribution in [0.25, 0.3) is 16.0 Å². The summed E-state index contributed by atoms with van der Waals surface area (Å²) in [7, 11) is 1.56. The molecule has 0 aliphatic carbocycles. The average Bonchev–Trinajstić information content (AvgIpc) is 3.45. The maximum absolute atomic E-state index is 13.5. The van der Waals surface area contributed by atoms with Crippen LogP contribution in [0.4, 0.5) is 9.52 Å². The maximum Gasteiger partial charge on any atom is 0.301 e. The minimum absolute atomic E-state index is 0.117. The van der Waals surface area contributed by atoms with E-state index in [9.17, 15) is 19.1 Å². The lowest BCUT2D eigenvalue weighted by Crippen LogP contribution is -2.29. The Bertz CT molecular complexity index is 1540. The number of Topliss-reactive ketones (excluding diaryl/α,β-unsaturated/α-hetero) is 1. The van der Waals surface area contributed by atoms with Crippen molar-refractivity contribution in [3.63, 3.8) is 0 Å². The Morgan fingerprint density at radius 2 is 1.81 bits per heavy atom. The van der Waals surface area contributed by atoms with Crippen LogP contribution in [0.2, 0.25) is 0 Å². The van der Waals surface area contributed by atoms with E-state index >= 15 is 0 Å². The maximum atomic E-state index is 13.5. The number of halogens is 1. The second kappa shape index (κ2) is 9.87. The highest BCUT2D eigenvalue weighted by Crippen LogP contribution is 2.44. The van der Waals surface area contributed by atoms with Crippen LogP contribution in [0.5, 0.6) is 11.5 Å². The molecule has 0 radical (unpaired) electrons. The first-order chi connectivity index (χ1) is 17.9. The van der Waals surface area contributed by atoms with Crippen LogP contribution >= 0.6 is 11.3 Å². The van der Waals surface area contributed by atoms with Crippen LogP contribution in [0.15, 0.2) is 85.0 Å². The topological polar surface area (TPSA) is 89.0 Å².